The van der Waals surface area contributed by atoms with Gasteiger partial charge < -0.3 is 16.2 Å². The van der Waals surface area contributed by atoms with Crippen molar-refractivity contribution in [2.24, 2.45) is 5.73 Å². The molecule has 21 heavy (non-hydrogen) atoms. The van der Waals surface area contributed by atoms with Crippen molar-refractivity contribution < 1.29 is 14.7 Å². The molecule has 0 aliphatic heterocycles. The minimum absolute atomic E-state index is 0.322. The molecule has 4 N–H and O–H groups in total. The van der Waals surface area contributed by atoms with Crippen molar-refractivity contribution >= 4 is 11.9 Å². The topological polar surface area (TPSA) is 92.4 Å². The largest absolute Gasteiger partial charge is 0.479 e. The van der Waals surface area contributed by atoms with Gasteiger partial charge in [0.15, 0.2) is 6.04 Å². The molecule has 5 heteroatoms. The Morgan fingerprint density at radius 1 is 1.10 bits per heavy atom. The molecule has 2 rings (SSSR count). The van der Waals surface area contributed by atoms with Crippen molar-refractivity contribution in [3.63, 3.8) is 0 Å². The molecule has 2 aromatic carbocycles. The zero-order valence-electron chi connectivity index (χ0n) is 11.3. The Labute approximate surface area is 122 Å². The van der Waals surface area contributed by atoms with Gasteiger partial charge in [-0.3, -0.25) is 4.79 Å². The van der Waals surface area contributed by atoms with Crippen LogP contribution in [0.2, 0.25) is 0 Å². The molecule has 1 atom stereocenters. The van der Waals surface area contributed by atoms with Crippen LogP contribution in [-0.4, -0.2) is 17.0 Å². The molecule has 0 aliphatic rings. The summed E-state index contributed by atoms with van der Waals surface area (Å²) in [4.78, 5) is 23.5. The Morgan fingerprint density at radius 3 is 2.43 bits per heavy atom. The van der Waals surface area contributed by atoms with E-state index in [0.717, 1.165) is 5.56 Å². The van der Waals surface area contributed by atoms with Crippen molar-refractivity contribution in [2.75, 3.05) is 0 Å². The summed E-state index contributed by atoms with van der Waals surface area (Å²) in [6.07, 6.45) is 0. The highest BCUT2D eigenvalue weighted by Crippen LogP contribution is 2.14. The normalized spacial score (nSPS) is 11.7. The van der Waals surface area contributed by atoms with Gasteiger partial charge in [-0.05, 0) is 23.3 Å². The fourth-order valence-electron chi connectivity index (χ4n) is 1.99. The number of hydrogen-bond donors (Lipinski definition) is 3. The first-order chi connectivity index (χ1) is 10.1. The molecule has 0 aliphatic carbocycles. The van der Waals surface area contributed by atoms with Crippen LogP contribution in [0.15, 0.2) is 54.6 Å². The zero-order chi connectivity index (χ0) is 15.2. The molecule has 1 amide bonds. The van der Waals surface area contributed by atoms with Crippen molar-refractivity contribution in [3.05, 3.63) is 71.3 Å². The predicted molar refractivity (Wildman–Crippen MR) is 78.6 cm³/mol. The number of rotatable bonds is 5. The van der Waals surface area contributed by atoms with E-state index in [1.165, 1.54) is 0 Å². The van der Waals surface area contributed by atoms with Crippen LogP contribution in [0.4, 0.5) is 0 Å². The Balaban J connectivity index is 2.21. The second-order valence-corrected chi connectivity index (χ2v) is 4.56. The van der Waals surface area contributed by atoms with Crippen LogP contribution in [0.25, 0.3) is 0 Å². The van der Waals surface area contributed by atoms with Gasteiger partial charge in [0.2, 0.25) is 0 Å². The van der Waals surface area contributed by atoms with Gasteiger partial charge in [0, 0.05) is 12.1 Å². The molecule has 0 aromatic heterocycles. The summed E-state index contributed by atoms with van der Waals surface area (Å²) < 4.78 is 0. The highest BCUT2D eigenvalue weighted by molar-refractivity contribution is 5.97. The minimum Gasteiger partial charge on any atom is -0.479 e. The zero-order valence-corrected chi connectivity index (χ0v) is 11.3. The second kappa shape index (κ2) is 6.67. The van der Waals surface area contributed by atoms with E-state index in [9.17, 15) is 14.7 Å². The number of nitrogens with two attached hydrogens (primary N) is 1. The van der Waals surface area contributed by atoms with Gasteiger partial charge in [0.05, 0.1) is 0 Å². The van der Waals surface area contributed by atoms with Gasteiger partial charge in [-0.2, -0.15) is 0 Å². The van der Waals surface area contributed by atoms with Crippen molar-refractivity contribution in [1.29, 1.82) is 0 Å². The summed E-state index contributed by atoms with van der Waals surface area (Å²) in [5.74, 6) is -1.55. The molecule has 0 saturated heterocycles. The summed E-state index contributed by atoms with van der Waals surface area (Å²) in [5.41, 5.74) is 7.26. The average Bonchev–Trinajstić information content (AvgIpc) is 2.53. The number of amides is 1. The standard InChI is InChI=1S/C16H16N2O3/c17-10-11-5-4-8-13(9-11)15(19)18-14(16(20)21)12-6-2-1-3-7-12/h1-9,14H,10,17H2,(H,18,19)(H,20,21)/t14-/m1/s1. The quantitative estimate of drug-likeness (QED) is 0.779. The Kier molecular flexibility index (Phi) is 4.68. The molecule has 0 unspecified atom stereocenters. The van der Waals surface area contributed by atoms with E-state index in [2.05, 4.69) is 5.32 Å². The molecule has 0 radical (unpaired) electrons. The Hall–Kier alpha value is -2.66. The fourth-order valence-corrected chi connectivity index (χ4v) is 1.99. The first-order valence-corrected chi connectivity index (χ1v) is 6.49. The van der Waals surface area contributed by atoms with E-state index in [-0.39, 0.29) is 0 Å². The van der Waals surface area contributed by atoms with Crippen LogP contribution in [0.3, 0.4) is 0 Å². The van der Waals surface area contributed by atoms with E-state index in [0.29, 0.717) is 17.7 Å². The molecule has 0 saturated carbocycles. The third-order valence-corrected chi connectivity index (χ3v) is 3.08. The Bertz CT molecular complexity index is 641. The first kappa shape index (κ1) is 14.7. The lowest BCUT2D eigenvalue weighted by Gasteiger charge is -2.15. The van der Waals surface area contributed by atoms with E-state index in [1.807, 2.05) is 6.07 Å². The molecule has 0 fully saturated rings. The number of hydrogen-bond acceptors (Lipinski definition) is 3. The summed E-state index contributed by atoms with van der Waals surface area (Å²) in [6.45, 7) is 0.322. The van der Waals surface area contributed by atoms with Crippen molar-refractivity contribution in [2.45, 2.75) is 12.6 Å². The average molecular weight is 284 g/mol. The SMILES string of the molecule is NCc1cccc(C(=O)N[C@@H](C(=O)O)c2ccccc2)c1. The van der Waals surface area contributed by atoms with Crippen LogP contribution in [0.5, 0.6) is 0 Å². The number of benzene rings is 2. The lowest BCUT2D eigenvalue weighted by Crippen LogP contribution is -2.33. The van der Waals surface area contributed by atoms with Crippen molar-refractivity contribution in [1.82, 2.24) is 5.32 Å². The summed E-state index contributed by atoms with van der Waals surface area (Å²) >= 11 is 0. The second-order valence-electron chi connectivity index (χ2n) is 4.56. The minimum atomic E-state index is -1.11. The lowest BCUT2D eigenvalue weighted by molar-refractivity contribution is -0.139. The third kappa shape index (κ3) is 3.67. The summed E-state index contributed by atoms with van der Waals surface area (Å²) in [5, 5.41) is 11.8. The number of carbonyl (C=O) groups excluding carboxylic acids is 1. The highest BCUT2D eigenvalue weighted by Gasteiger charge is 2.22. The van der Waals surface area contributed by atoms with Gasteiger partial charge in [0.25, 0.3) is 5.91 Å². The summed E-state index contributed by atoms with van der Waals surface area (Å²) in [6, 6.07) is 14.3. The maximum absolute atomic E-state index is 12.2. The molecular formula is C16H16N2O3. The van der Waals surface area contributed by atoms with E-state index in [4.69, 9.17) is 5.73 Å². The molecule has 5 nitrogen and oxygen atoms in total. The predicted octanol–water partition coefficient (Wildman–Crippen LogP) is 1.70. The fraction of sp³-hybridized carbons (Fsp3) is 0.125. The molecular weight excluding hydrogens is 268 g/mol. The highest BCUT2D eigenvalue weighted by atomic mass is 16.4. The molecule has 108 valence electrons. The van der Waals surface area contributed by atoms with Crippen LogP contribution in [0.1, 0.15) is 27.5 Å². The smallest absolute Gasteiger partial charge is 0.330 e. The molecule has 0 heterocycles. The van der Waals surface area contributed by atoms with Crippen molar-refractivity contribution in [3.8, 4) is 0 Å². The Morgan fingerprint density at radius 2 is 1.81 bits per heavy atom. The molecule has 2 aromatic rings. The van der Waals surface area contributed by atoms with Gasteiger partial charge in [0.1, 0.15) is 0 Å². The maximum Gasteiger partial charge on any atom is 0.330 e. The first-order valence-electron chi connectivity index (χ1n) is 6.49. The summed E-state index contributed by atoms with van der Waals surface area (Å²) in [7, 11) is 0. The van der Waals surface area contributed by atoms with E-state index < -0.39 is 17.9 Å². The van der Waals surface area contributed by atoms with Crippen LogP contribution >= 0.6 is 0 Å². The number of carboxylic acids is 1. The maximum atomic E-state index is 12.2. The molecule has 0 spiro atoms. The number of carboxylic acid groups (broad SMARTS) is 1. The number of carbonyl (C=O) groups is 2. The van der Waals surface area contributed by atoms with Gasteiger partial charge in [-0.25, -0.2) is 4.79 Å². The third-order valence-electron chi connectivity index (χ3n) is 3.08. The monoisotopic (exact) mass is 284 g/mol. The van der Waals surface area contributed by atoms with Gasteiger partial charge >= 0.3 is 5.97 Å². The van der Waals surface area contributed by atoms with E-state index in [1.54, 1.807) is 48.5 Å². The molecule has 0 bridgehead atoms. The number of nitrogens with one attached hydrogen (secondary N) is 1. The van der Waals surface area contributed by atoms with Gasteiger partial charge in [-0.1, -0.05) is 42.5 Å². The van der Waals surface area contributed by atoms with Gasteiger partial charge in [-0.15, -0.1) is 0 Å². The van der Waals surface area contributed by atoms with Crippen LogP contribution in [-0.2, 0) is 11.3 Å². The number of aliphatic carboxylic acids is 1. The van der Waals surface area contributed by atoms with E-state index >= 15 is 0 Å². The van der Waals surface area contributed by atoms with Crippen LogP contribution in [0, 0.1) is 0 Å². The van der Waals surface area contributed by atoms with Crippen LogP contribution < -0.4 is 11.1 Å². The lowest BCUT2D eigenvalue weighted by atomic mass is 10.1.